The van der Waals surface area contributed by atoms with E-state index in [0.29, 0.717) is 17.9 Å². The lowest BCUT2D eigenvalue weighted by Crippen LogP contribution is -2.26. The average Bonchev–Trinajstić information content (AvgIpc) is 2.84. The van der Waals surface area contributed by atoms with Crippen LogP contribution in [0.25, 0.3) is 0 Å². The van der Waals surface area contributed by atoms with Crippen LogP contribution in [0.1, 0.15) is 37.8 Å². The van der Waals surface area contributed by atoms with Crippen LogP contribution < -0.4 is 5.73 Å². The zero-order chi connectivity index (χ0) is 14.1. The van der Waals surface area contributed by atoms with Gasteiger partial charge in [0.15, 0.2) is 9.84 Å². The van der Waals surface area contributed by atoms with Crippen molar-refractivity contribution in [1.82, 2.24) is 0 Å². The van der Waals surface area contributed by atoms with Crippen molar-refractivity contribution < 1.29 is 8.42 Å². The van der Waals surface area contributed by atoms with Crippen LogP contribution in [0.2, 0.25) is 0 Å². The summed E-state index contributed by atoms with van der Waals surface area (Å²) < 4.78 is 24.7. The third-order valence-corrected chi connectivity index (χ3v) is 5.74. The van der Waals surface area contributed by atoms with E-state index in [1.807, 2.05) is 26.0 Å². The number of sulfone groups is 1. The van der Waals surface area contributed by atoms with Gasteiger partial charge in [-0.3, -0.25) is 0 Å². The Labute approximate surface area is 116 Å². The summed E-state index contributed by atoms with van der Waals surface area (Å²) >= 11 is 0. The molecule has 0 saturated carbocycles. The monoisotopic (exact) mass is 281 g/mol. The highest BCUT2D eigenvalue weighted by atomic mass is 32.2. The van der Waals surface area contributed by atoms with Gasteiger partial charge in [0, 0.05) is 0 Å². The molecule has 0 heterocycles. The number of fused-ring (bicyclic) bond motifs is 1. The highest BCUT2D eigenvalue weighted by molar-refractivity contribution is 7.91. The van der Waals surface area contributed by atoms with E-state index < -0.39 is 9.84 Å². The molecule has 106 valence electrons. The summed E-state index contributed by atoms with van der Waals surface area (Å²) in [4.78, 5) is 0.473. The van der Waals surface area contributed by atoms with E-state index in [1.165, 1.54) is 11.1 Å². The molecule has 1 aliphatic rings. The van der Waals surface area contributed by atoms with Crippen LogP contribution in [0.5, 0.6) is 0 Å². The smallest absolute Gasteiger partial charge is 0.178 e. The van der Waals surface area contributed by atoms with Crippen LogP contribution >= 0.6 is 0 Å². The average molecular weight is 281 g/mol. The van der Waals surface area contributed by atoms with Gasteiger partial charge < -0.3 is 5.73 Å². The largest absolute Gasteiger partial charge is 0.330 e. The molecule has 19 heavy (non-hydrogen) atoms. The van der Waals surface area contributed by atoms with Crippen molar-refractivity contribution in [3.8, 4) is 0 Å². The van der Waals surface area contributed by atoms with E-state index in [-0.39, 0.29) is 11.2 Å². The third kappa shape index (κ3) is 3.37. The molecular formula is C15H23NO2S. The van der Waals surface area contributed by atoms with Crippen molar-refractivity contribution in [3.05, 3.63) is 29.3 Å². The maximum Gasteiger partial charge on any atom is 0.178 e. The first-order chi connectivity index (χ1) is 8.84. The fourth-order valence-corrected chi connectivity index (χ4v) is 4.03. The molecule has 0 bridgehead atoms. The predicted octanol–water partition coefficient (Wildman–Crippen LogP) is 2.32. The third-order valence-electron chi connectivity index (χ3n) is 4.03. The molecule has 0 amide bonds. The summed E-state index contributed by atoms with van der Waals surface area (Å²) in [6, 6.07) is 5.60. The number of aryl methyl sites for hydroxylation is 2. The maximum atomic E-state index is 12.4. The van der Waals surface area contributed by atoms with Crippen LogP contribution in [0.3, 0.4) is 0 Å². The predicted molar refractivity (Wildman–Crippen MR) is 78.0 cm³/mol. The van der Waals surface area contributed by atoms with Crippen molar-refractivity contribution in [2.45, 2.75) is 44.4 Å². The Kier molecular flexibility index (Phi) is 4.02. The Balaban J connectivity index is 2.16. The van der Waals surface area contributed by atoms with Crippen LogP contribution in [0.4, 0.5) is 0 Å². The van der Waals surface area contributed by atoms with E-state index in [9.17, 15) is 8.42 Å². The van der Waals surface area contributed by atoms with Crippen molar-refractivity contribution in [3.63, 3.8) is 0 Å². The number of hydrogen-bond acceptors (Lipinski definition) is 3. The second-order valence-corrected chi connectivity index (χ2v) is 8.33. The molecule has 0 radical (unpaired) electrons. The first-order valence-corrected chi connectivity index (χ1v) is 8.54. The molecule has 0 saturated heterocycles. The van der Waals surface area contributed by atoms with Gasteiger partial charge in [-0.15, -0.1) is 0 Å². The molecule has 2 rings (SSSR count). The van der Waals surface area contributed by atoms with Gasteiger partial charge >= 0.3 is 0 Å². The molecule has 1 aromatic rings. The fraction of sp³-hybridized carbons (Fsp3) is 0.600. The van der Waals surface area contributed by atoms with E-state index in [0.717, 1.165) is 19.3 Å². The quantitative estimate of drug-likeness (QED) is 0.901. The van der Waals surface area contributed by atoms with Gasteiger partial charge in [0.25, 0.3) is 0 Å². The SMILES string of the molecule is CC(C)(CN)CCS(=O)(=O)c1ccc2c(c1)CCC2. The second-order valence-electron chi connectivity index (χ2n) is 6.22. The molecule has 0 aliphatic heterocycles. The zero-order valence-corrected chi connectivity index (χ0v) is 12.6. The number of rotatable bonds is 5. The van der Waals surface area contributed by atoms with Gasteiger partial charge in [-0.25, -0.2) is 8.42 Å². The number of nitrogens with two attached hydrogens (primary N) is 1. The lowest BCUT2D eigenvalue weighted by atomic mass is 9.91. The molecule has 1 aliphatic carbocycles. The van der Waals surface area contributed by atoms with Crippen LogP contribution in [0.15, 0.2) is 23.1 Å². The summed E-state index contributed by atoms with van der Waals surface area (Å²) in [6.07, 6.45) is 3.82. The van der Waals surface area contributed by atoms with E-state index in [1.54, 1.807) is 6.07 Å². The summed E-state index contributed by atoms with van der Waals surface area (Å²) in [5, 5.41) is 0. The first-order valence-electron chi connectivity index (χ1n) is 6.89. The zero-order valence-electron chi connectivity index (χ0n) is 11.8. The molecule has 1 aromatic carbocycles. The molecule has 0 aromatic heterocycles. The number of hydrogen-bond donors (Lipinski definition) is 1. The van der Waals surface area contributed by atoms with Gasteiger partial charge in [0.05, 0.1) is 10.6 Å². The standard InChI is InChI=1S/C15H23NO2S/c1-15(2,11-16)8-9-19(17,18)14-7-6-12-4-3-5-13(12)10-14/h6-7,10H,3-5,8-9,11,16H2,1-2H3. The van der Waals surface area contributed by atoms with Crippen molar-refractivity contribution >= 4 is 9.84 Å². The summed E-state index contributed by atoms with van der Waals surface area (Å²) in [5.74, 6) is 0.177. The van der Waals surface area contributed by atoms with E-state index in [4.69, 9.17) is 5.73 Å². The van der Waals surface area contributed by atoms with Gasteiger partial charge in [-0.05, 0) is 60.9 Å². The Morgan fingerprint density at radius 2 is 1.89 bits per heavy atom. The highest BCUT2D eigenvalue weighted by Gasteiger charge is 2.23. The lowest BCUT2D eigenvalue weighted by molar-refractivity contribution is 0.365. The second kappa shape index (κ2) is 5.25. The topological polar surface area (TPSA) is 60.2 Å². The minimum absolute atomic E-state index is 0.121. The summed E-state index contributed by atoms with van der Waals surface area (Å²) in [5.41, 5.74) is 8.05. The summed E-state index contributed by atoms with van der Waals surface area (Å²) in [7, 11) is -3.18. The molecule has 0 atom stereocenters. The van der Waals surface area contributed by atoms with Crippen LogP contribution in [-0.2, 0) is 22.7 Å². The molecule has 0 fully saturated rings. The molecule has 2 N–H and O–H groups in total. The Morgan fingerprint density at radius 1 is 1.21 bits per heavy atom. The van der Waals surface area contributed by atoms with Gasteiger partial charge in [-0.1, -0.05) is 19.9 Å². The van der Waals surface area contributed by atoms with E-state index >= 15 is 0 Å². The lowest BCUT2D eigenvalue weighted by Gasteiger charge is -2.21. The van der Waals surface area contributed by atoms with Crippen molar-refractivity contribution in [2.75, 3.05) is 12.3 Å². The van der Waals surface area contributed by atoms with Gasteiger partial charge in [-0.2, -0.15) is 0 Å². The van der Waals surface area contributed by atoms with Crippen LogP contribution in [0, 0.1) is 5.41 Å². The highest BCUT2D eigenvalue weighted by Crippen LogP contribution is 2.27. The molecule has 0 spiro atoms. The minimum Gasteiger partial charge on any atom is -0.330 e. The summed E-state index contributed by atoms with van der Waals surface area (Å²) in [6.45, 7) is 4.52. The fourth-order valence-electron chi connectivity index (χ4n) is 2.37. The van der Waals surface area contributed by atoms with Crippen LogP contribution in [-0.4, -0.2) is 20.7 Å². The molecule has 0 unspecified atom stereocenters. The van der Waals surface area contributed by atoms with Crippen molar-refractivity contribution in [1.29, 1.82) is 0 Å². The molecule has 3 nitrogen and oxygen atoms in total. The normalized spacial score (nSPS) is 15.5. The minimum atomic E-state index is -3.18. The molecular weight excluding hydrogens is 258 g/mol. The Hall–Kier alpha value is -0.870. The Morgan fingerprint density at radius 3 is 2.58 bits per heavy atom. The first kappa shape index (κ1) is 14.5. The maximum absolute atomic E-state index is 12.4. The number of benzene rings is 1. The van der Waals surface area contributed by atoms with Crippen molar-refractivity contribution in [2.24, 2.45) is 11.1 Å². The Bertz CT molecular complexity index is 562. The van der Waals surface area contributed by atoms with Gasteiger partial charge in [0.2, 0.25) is 0 Å². The molecule has 4 heteroatoms. The van der Waals surface area contributed by atoms with Gasteiger partial charge in [0.1, 0.15) is 0 Å². The van der Waals surface area contributed by atoms with E-state index in [2.05, 4.69) is 0 Å².